The van der Waals surface area contributed by atoms with Gasteiger partial charge in [-0.3, -0.25) is 9.63 Å². The number of esters is 1. The molecule has 1 unspecified atom stereocenters. The van der Waals surface area contributed by atoms with E-state index in [9.17, 15) is 14.9 Å². The quantitative estimate of drug-likeness (QED) is 0.315. The van der Waals surface area contributed by atoms with Crippen molar-refractivity contribution in [3.05, 3.63) is 10.1 Å². The molecule has 0 spiro atoms. The topological polar surface area (TPSA) is 90.7 Å². The van der Waals surface area contributed by atoms with E-state index in [1.807, 2.05) is 20.1 Å². The largest absolute Gasteiger partial charge is 0.434 e. The molecule has 0 saturated carbocycles. The van der Waals surface area contributed by atoms with E-state index < -0.39 is 23.4 Å². The van der Waals surface area contributed by atoms with Crippen LogP contribution in [0.3, 0.4) is 0 Å². The summed E-state index contributed by atoms with van der Waals surface area (Å²) in [6.45, 7) is 5.04. The van der Waals surface area contributed by atoms with Crippen molar-refractivity contribution < 1.29 is 19.5 Å². The standard InChI is InChI=1S/C9H18N2O5S/c1-6(16-11(13)14)15-8(12)7(10-4)9(2,3)17-5/h6-7,10H,1-5H3/t6?,7-/m0/s1. The van der Waals surface area contributed by atoms with Crippen LogP contribution >= 0.6 is 11.8 Å². The molecule has 2 atom stereocenters. The van der Waals surface area contributed by atoms with Crippen LogP contribution in [0.4, 0.5) is 0 Å². The number of nitrogens with one attached hydrogen (secondary N) is 1. The molecule has 0 radical (unpaired) electrons. The van der Waals surface area contributed by atoms with Gasteiger partial charge in [-0.05, 0) is 34.1 Å². The highest BCUT2D eigenvalue weighted by molar-refractivity contribution is 8.00. The Morgan fingerprint density at radius 3 is 2.41 bits per heavy atom. The van der Waals surface area contributed by atoms with Crippen LogP contribution in [0.25, 0.3) is 0 Å². The van der Waals surface area contributed by atoms with Gasteiger partial charge in [0.25, 0.3) is 5.09 Å². The fourth-order valence-corrected chi connectivity index (χ4v) is 1.69. The predicted octanol–water partition coefficient (Wildman–Crippen LogP) is 0.814. The minimum absolute atomic E-state index is 0.389. The van der Waals surface area contributed by atoms with Gasteiger partial charge in [0, 0.05) is 4.75 Å². The van der Waals surface area contributed by atoms with Crippen LogP contribution in [0.2, 0.25) is 0 Å². The van der Waals surface area contributed by atoms with E-state index in [2.05, 4.69) is 10.2 Å². The van der Waals surface area contributed by atoms with E-state index in [0.29, 0.717) is 0 Å². The van der Waals surface area contributed by atoms with Gasteiger partial charge >= 0.3 is 5.97 Å². The summed E-state index contributed by atoms with van der Waals surface area (Å²) in [5, 5.41) is 11.9. The number of likely N-dealkylation sites (N-methyl/N-ethyl adjacent to an activating group) is 1. The molecule has 0 saturated heterocycles. The SMILES string of the molecule is CN[C@@H](C(=O)OC(C)O[N+](=O)[O-])C(C)(C)SC. The molecule has 0 heterocycles. The van der Waals surface area contributed by atoms with E-state index in [1.165, 1.54) is 18.7 Å². The summed E-state index contributed by atoms with van der Waals surface area (Å²) in [5.41, 5.74) is 0. The molecule has 0 amide bonds. The summed E-state index contributed by atoms with van der Waals surface area (Å²) in [6, 6.07) is -0.574. The summed E-state index contributed by atoms with van der Waals surface area (Å²) in [4.78, 5) is 25.9. The third-order valence-electron chi connectivity index (χ3n) is 2.26. The van der Waals surface area contributed by atoms with Crippen molar-refractivity contribution >= 4 is 17.7 Å². The lowest BCUT2D eigenvalue weighted by molar-refractivity contribution is -0.777. The van der Waals surface area contributed by atoms with Crippen molar-refractivity contribution in [2.75, 3.05) is 13.3 Å². The lowest BCUT2D eigenvalue weighted by atomic mass is 10.0. The first kappa shape index (κ1) is 16.0. The first-order valence-corrected chi connectivity index (χ1v) is 6.21. The molecule has 0 aliphatic carbocycles. The Labute approximate surface area is 104 Å². The maximum Gasteiger partial charge on any atom is 0.326 e. The van der Waals surface area contributed by atoms with Crippen LogP contribution in [0, 0.1) is 10.1 Å². The minimum atomic E-state index is -1.22. The Bertz CT molecular complexity index is 285. The van der Waals surface area contributed by atoms with Gasteiger partial charge in [-0.2, -0.15) is 11.8 Å². The van der Waals surface area contributed by atoms with Gasteiger partial charge in [-0.15, -0.1) is 10.1 Å². The van der Waals surface area contributed by atoms with E-state index in [-0.39, 0.29) is 4.75 Å². The van der Waals surface area contributed by atoms with Crippen LogP contribution in [0.1, 0.15) is 20.8 Å². The van der Waals surface area contributed by atoms with Gasteiger partial charge in [-0.1, -0.05) is 0 Å². The Morgan fingerprint density at radius 1 is 1.53 bits per heavy atom. The van der Waals surface area contributed by atoms with Crippen molar-refractivity contribution in [3.63, 3.8) is 0 Å². The number of thioether (sulfide) groups is 1. The van der Waals surface area contributed by atoms with Crippen LogP contribution in [0.15, 0.2) is 0 Å². The van der Waals surface area contributed by atoms with Crippen LogP contribution in [0.5, 0.6) is 0 Å². The Hall–Kier alpha value is -1.02. The fourth-order valence-electron chi connectivity index (χ4n) is 1.24. The monoisotopic (exact) mass is 266 g/mol. The molecule has 7 nitrogen and oxygen atoms in total. The molecule has 0 bridgehead atoms. The van der Waals surface area contributed by atoms with Gasteiger partial charge in [0.2, 0.25) is 6.29 Å². The maximum atomic E-state index is 11.8. The van der Waals surface area contributed by atoms with Crippen molar-refractivity contribution in [2.45, 2.75) is 37.9 Å². The number of hydrogen-bond donors (Lipinski definition) is 1. The molecule has 0 rings (SSSR count). The molecule has 1 N–H and O–H groups in total. The molecule has 8 heteroatoms. The van der Waals surface area contributed by atoms with Crippen molar-refractivity contribution in [3.8, 4) is 0 Å². The first-order valence-electron chi connectivity index (χ1n) is 4.98. The number of ether oxygens (including phenoxy) is 1. The Morgan fingerprint density at radius 2 is 2.06 bits per heavy atom. The van der Waals surface area contributed by atoms with Gasteiger partial charge in [0.15, 0.2) is 0 Å². The van der Waals surface area contributed by atoms with E-state index >= 15 is 0 Å². The summed E-state index contributed by atoms with van der Waals surface area (Å²) in [6.07, 6.45) is 0.653. The molecular formula is C9H18N2O5S. The average molecular weight is 266 g/mol. The molecule has 0 aromatic carbocycles. The number of rotatable bonds is 7. The molecule has 0 fully saturated rings. The van der Waals surface area contributed by atoms with Gasteiger partial charge < -0.3 is 10.1 Å². The highest BCUT2D eigenvalue weighted by Gasteiger charge is 2.35. The van der Waals surface area contributed by atoms with E-state index in [4.69, 9.17) is 4.74 Å². The zero-order valence-corrected chi connectivity index (χ0v) is 11.4. The van der Waals surface area contributed by atoms with E-state index in [0.717, 1.165) is 0 Å². The number of carbonyl (C=O) groups excluding carboxylic acids is 1. The summed E-state index contributed by atoms with van der Waals surface area (Å²) in [5.74, 6) is -0.582. The fraction of sp³-hybridized carbons (Fsp3) is 0.889. The number of hydrogen-bond acceptors (Lipinski definition) is 7. The smallest absolute Gasteiger partial charge is 0.326 e. The van der Waals surface area contributed by atoms with Crippen molar-refractivity contribution in [2.24, 2.45) is 0 Å². The van der Waals surface area contributed by atoms with Crippen LogP contribution in [-0.2, 0) is 14.4 Å². The number of carbonyl (C=O) groups is 1. The maximum absolute atomic E-state index is 11.8. The zero-order valence-electron chi connectivity index (χ0n) is 10.6. The van der Waals surface area contributed by atoms with Crippen molar-refractivity contribution in [1.29, 1.82) is 0 Å². The second-order valence-electron chi connectivity index (χ2n) is 3.86. The van der Waals surface area contributed by atoms with Crippen LogP contribution < -0.4 is 5.32 Å². The second-order valence-corrected chi connectivity index (χ2v) is 5.32. The average Bonchev–Trinajstić information content (AvgIpc) is 2.16. The number of nitrogens with zero attached hydrogens (tertiary/aromatic N) is 1. The van der Waals surface area contributed by atoms with Crippen LogP contribution in [-0.4, -0.2) is 41.4 Å². The second kappa shape index (κ2) is 6.65. The first-order chi connectivity index (χ1) is 7.74. The summed E-state index contributed by atoms with van der Waals surface area (Å²) >= 11 is 1.49. The molecular weight excluding hydrogens is 248 g/mol. The normalized spacial score (nSPS) is 14.9. The molecule has 0 aliphatic rings. The lowest BCUT2D eigenvalue weighted by Crippen LogP contribution is -2.50. The van der Waals surface area contributed by atoms with Gasteiger partial charge in [-0.25, -0.2) is 0 Å². The summed E-state index contributed by atoms with van der Waals surface area (Å²) < 4.78 is 4.44. The molecule has 0 aliphatic heterocycles. The predicted molar refractivity (Wildman–Crippen MR) is 64.1 cm³/mol. The zero-order chi connectivity index (χ0) is 13.6. The van der Waals surface area contributed by atoms with Gasteiger partial charge in [0.1, 0.15) is 6.04 Å². The molecule has 0 aromatic heterocycles. The lowest BCUT2D eigenvalue weighted by Gasteiger charge is -2.31. The van der Waals surface area contributed by atoms with E-state index in [1.54, 1.807) is 7.05 Å². The highest BCUT2D eigenvalue weighted by Crippen LogP contribution is 2.26. The minimum Gasteiger partial charge on any atom is -0.434 e. The molecule has 100 valence electrons. The Kier molecular flexibility index (Phi) is 6.25. The highest BCUT2D eigenvalue weighted by atomic mass is 32.2. The summed E-state index contributed by atoms with van der Waals surface area (Å²) in [7, 11) is 1.63. The third-order valence-corrected chi connectivity index (χ3v) is 3.55. The molecule has 17 heavy (non-hydrogen) atoms. The Balaban J connectivity index is 4.51. The van der Waals surface area contributed by atoms with Crippen molar-refractivity contribution in [1.82, 2.24) is 5.32 Å². The third kappa shape index (κ3) is 5.22. The molecule has 0 aromatic rings. The van der Waals surface area contributed by atoms with Gasteiger partial charge in [0.05, 0.1) is 0 Å².